The number of hydrogen-bond donors (Lipinski definition) is 0. The normalized spacial score (nSPS) is 33.5. The van der Waals surface area contributed by atoms with Crippen molar-refractivity contribution in [2.45, 2.75) is 19.8 Å². The van der Waals surface area contributed by atoms with E-state index < -0.39 is 5.97 Å². The van der Waals surface area contributed by atoms with E-state index in [-0.39, 0.29) is 60.8 Å². The highest BCUT2D eigenvalue weighted by Crippen LogP contribution is 2.65. The van der Waals surface area contributed by atoms with Gasteiger partial charge in [0.2, 0.25) is 11.8 Å². The molecule has 0 N–H and O–H groups in total. The first-order valence-corrected chi connectivity index (χ1v) is 10.2. The zero-order valence-corrected chi connectivity index (χ0v) is 16.2. The number of esters is 1. The number of carbonyl (C=O) groups excluding carboxylic acids is 4. The van der Waals surface area contributed by atoms with Crippen LogP contribution in [0.2, 0.25) is 0 Å². The molecular weight excluding hydrogens is 370 g/mol. The molecule has 0 unspecified atom stereocenters. The molecule has 0 spiro atoms. The van der Waals surface area contributed by atoms with Gasteiger partial charge in [0.05, 0.1) is 18.3 Å². The number of ketones is 1. The van der Waals surface area contributed by atoms with Crippen LogP contribution in [-0.2, 0) is 19.1 Å². The van der Waals surface area contributed by atoms with Gasteiger partial charge in [-0.25, -0.2) is 0 Å². The molecule has 0 radical (unpaired) electrons. The second-order valence-electron chi connectivity index (χ2n) is 8.68. The lowest BCUT2D eigenvalue weighted by molar-refractivity contribution is -0.145. The minimum atomic E-state index is -0.579. The van der Waals surface area contributed by atoms with Crippen LogP contribution in [0.3, 0.4) is 0 Å². The molecule has 6 heteroatoms. The molecule has 0 aromatic heterocycles. The first-order valence-electron chi connectivity index (χ1n) is 10.2. The summed E-state index contributed by atoms with van der Waals surface area (Å²) in [7, 11) is 0. The maximum Gasteiger partial charge on any atom is 0.308 e. The predicted molar refractivity (Wildman–Crippen MR) is 103 cm³/mol. The number of hydrogen-bond acceptors (Lipinski definition) is 5. The predicted octanol–water partition coefficient (Wildman–Crippen LogP) is 2.16. The number of imide groups is 1. The van der Waals surface area contributed by atoms with E-state index in [4.69, 9.17) is 4.74 Å². The third-order valence-electron chi connectivity index (χ3n) is 7.03. The average Bonchev–Trinajstić information content (AvgIpc) is 3.50. The summed E-state index contributed by atoms with van der Waals surface area (Å²) in [6.45, 7) is 1.61. The summed E-state index contributed by atoms with van der Waals surface area (Å²) in [5.41, 5.74) is 1.53. The van der Waals surface area contributed by atoms with Gasteiger partial charge in [-0.15, -0.1) is 0 Å². The van der Waals surface area contributed by atoms with Crippen molar-refractivity contribution in [3.05, 3.63) is 47.5 Å². The van der Waals surface area contributed by atoms with E-state index in [0.717, 1.165) is 12.0 Å². The third-order valence-corrected chi connectivity index (χ3v) is 7.03. The quantitative estimate of drug-likeness (QED) is 0.320. The lowest BCUT2D eigenvalue weighted by Gasteiger charge is -2.37. The van der Waals surface area contributed by atoms with Crippen molar-refractivity contribution in [3.63, 3.8) is 0 Å². The number of Topliss-reactive ketones (excluding diaryl/α,β-unsaturated/α-hetero) is 1. The van der Waals surface area contributed by atoms with Gasteiger partial charge in [-0.1, -0.05) is 42.0 Å². The molecule has 2 saturated carbocycles. The van der Waals surface area contributed by atoms with Crippen LogP contribution in [0, 0.1) is 42.4 Å². The number of carbonyl (C=O) groups is 4. The van der Waals surface area contributed by atoms with Gasteiger partial charge in [-0.2, -0.15) is 0 Å². The molecule has 1 aromatic rings. The molecule has 2 bridgehead atoms. The Morgan fingerprint density at radius 3 is 2.17 bits per heavy atom. The number of benzene rings is 1. The van der Waals surface area contributed by atoms with Crippen LogP contribution in [0.15, 0.2) is 36.4 Å². The minimum Gasteiger partial charge on any atom is -0.457 e. The number of amides is 2. The van der Waals surface area contributed by atoms with E-state index in [9.17, 15) is 19.2 Å². The number of allylic oxidation sites excluding steroid dienone is 2. The van der Waals surface area contributed by atoms with Gasteiger partial charge >= 0.3 is 5.97 Å². The van der Waals surface area contributed by atoms with Gasteiger partial charge in [0.15, 0.2) is 12.4 Å². The van der Waals surface area contributed by atoms with Crippen molar-refractivity contribution >= 4 is 23.6 Å². The Morgan fingerprint density at radius 1 is 1.00 bits per heavy atom. The second kappa shape index (κ2) is 6.65. The monoisotopic (exact) mass is 393 g/mol. The summed E-state index contributed by atoms with van der Waals surface area (Å²) >= 11 is 0. The van der Waals surface area contributed by atoms with Crippen LogP contribution in [0.5, 0.6) is 0 Å². The van der Waals surface area contributed by atoms with Crippen LogP contribution in [-0.4, -0.2) is 41.6 Å². The summed E-state index contributed by atoms with van der Waals surface area (Å²) in [6, 6.07) is 7.04. The fourth-order valence-corrected chi connectivity index (χ4v) is 5.48. The van der Waals surface area contributed by atoms with Crippen molar-refractivity contribution in [1.29, 1.82) is 0 Å². The van der Waals surface area contributed by atoms with Crippen molar-refractivity contribution in [2.24, 2.45) is 35.5 Å². The molecule has 4 aliphatic carbocycles. The molecule has 6 nitrogen and oxygen atoms in total. The highest BCUT2D eigenvalue weighted by atomic mass is 16.5. The Kier molecular flexibility index (Phi) is 4.19. The highest BCUT2D eigenvalue weighted by molar-refractivity contribution is 6.06. The second-order valence-corrected chi connectivity index (χ2v) is 8.68. The molecule has 29 heavy (non-hydrogen) atoms. The van der Waals surface area contributed by atoms with E-state index >= 15 is 0 Å². The average molecular weight is 393 g/mol. The molecule has 6 atom stereocenters. The summed E-state index contributed by atoms with van der Waals surface area (Å²) in [5.74, 6) is -0.181. The molecule has 1 aromatic carbocycles. The van der Waals surface area contributed by atoms with Crippen LogP contribution in [0.4, 0.5) is 0 Å². The van der Waals surface area contributed by atoms with Crippen LogP contribution in [0.1, 0.15) is 28.8 Å². The summed E-state index contributed by atoms with van der Waals surface area (Å²) in [4.78, 5) is 51.2. The lowest BCUT2D eigenvalue weighted by Crippen LogP contribution is -2.40. The third kappa shape index (κ3) is 2.93. The summed E-state index contributed by atoms with van der Waals surface area (Å²) in [5, 5.41) is 0. The smallest absolute Gasteiger partial charge is 0.308 e. The zero-order valence-electron chi connectivity index (χ0n) is 16.2. The van der Waals surface area contributed by atoms with Gasteiger partial charge in [0.1, 0.15) is 0 Å². The number of ether oxygens (including phenoxy) is 1. The Labute approximate surface area is 168 Å². The zero-order chi connectivity index (χ0) is 20.3. The Bertz CT molecular complexity index is 897. The largest absolute Gasteiger partial charge is 0.457 e. The fourth-order valence-electron chi connectivity index (χ4n) is 5.48. The van der Waals surface area contributed by atoms with E-state index in [0.29, 0.717) is 17.4 Å². The van der Waals surface area contributed by atoms with Crippen LogP contribution < -0.4 is 0 Å². The Hall–Kier alpha value is -2.76. The summed E-state index contributed by atoms with van der Waals surface area (Å²) in [6.07, 6.45) is 5.28. The molecule has 1 aliphatic heterocycles. The molecule has 3 fully saturated rings. The number of rotatable bonds is 6. The van der Waals surface area contributed by atoms with Gasteiger partial charge in [0.25, 0.3) is 0 Å². The van der Waals surface area contributed by atoms with E-state index in [2.05, 4.69) is 12.2 Å². The topological polar surface area (TPSA) is 80.8 Å². The van der Waals surface area contributed by atoms with Crippen molar-refractivity contribution in [2.75, 3.05) is 13.2 Å². The first-order chi connectivity index (χ1) is 14.0. The van der Waals surface area contributed by atoms with Gasteiger partial charge in [-0.05, 0) is 37.0 Å². The molecule has 6 rings (SSSR count). The first kappa shape index (κ1) is 18.3. The molecule has 1 heterocycles. The molecule has 150 valence electrons. The summed E-state index contributed by atoms with van der Waals surface area (Å²) < 4.78 is 5.07. The Balaban J connectivity index is 1.15. The SMILES string of the molecule is Cc1ccc(C(=O)COC(=O)CCN2C(=O)[C@@H]3[C@@H]4C=C[C@H]([C@@H]5C[C@H]45)[C@@H]3C2=O)cc1. The lowest BCUT2D eigenvalue weighted by atomic mass is 9.63. The molecular formula is C23H23NO5. The van der Waals surface area contributed by atoms with Gasteiger partial charge in [-0.3, -0.25) is 24.1 Å². The van der Waals surface area contributed by atoms with Gasteiger partial charge < -0.3 is 4.74 Å². The minimum absolute atomic E-state index is 0.0248. The standard InChI is InChI=1S/C23H23NO5/c1-12-2-4-13(5-3-12)18(25)11-29-19(26)8-9-24-22(27)20-14-6-7-15(17-10-16(14)17)21(20)23(24)28/h2-7,14-17,20-21H,8-11H2,1H3/t14-,15-,16-,17+,20-,21+/m1/s1. The van der Waals surface area contributed by atoms with Crippen molar-refractivity contribution in [3.8, 4) is 0 Å². The molecule has 2 amide bonds. The maximum atomic E-state index is 12.9. The van der Waals surface area contributed by atoms with Crippen LogP contribution >= 0.6 is 0 Å². The van der Waals surface area contributed by atoms with Crippen LogP contribution in [0.25, 0.3) is 0 Å². The van der Waals surface area contributed by atoms with E-state index in [1.807, 2.05) is 19.1 Å². The van der Waals surface area contributed by atoms with Crippen molar-refractivity contribution in [1.82, 2.24) is 4.90 Å². The Morgan fingerprint density at radius 2 is 1.59 bits per heavy atom. The number of aryl methyl sites for hydroxylation is 1. The number of likely N-dealkylation sites (tertiary alicyclic amines) is 1. The maximum absolute atomic E-state index is 12.9. The molecule has 1 saturated heterocycles. The van der Waals surface area contributed by atoms with Crippen molar-refractivity contribution < 1.29 is 23.9 Å². The molecule has 5 aliphatic rings. The van der Waals surface area contributed by atoms with Gasteiger partial charge in [0, 0.05) is 12.1 Å². The number of nitrogens with zero attached hydrogens (tertiary/aromatic N) is 1. The van der Waals surface area contributed by atoms with E-state index in [1.165, 1.54) is 4.90 Å². The fraction of sp³-hybridized carbons (Fsp3) is 0.478. The van der Waals surface area contributed by atoms with E-state index in [1.54, 1.807) is 12.1 Å². The highest BCUT2D eigenvalue weighted by Gasteiger charge is 2.66.